The van der Waals surface area contributed by atoms with Gasteiger partial charge < -0.3 is 0 Å². The van der Waals surface area contributed by atoms with E-state index in [0.29, 0.717) is 9.95 Å². The average molecular weight is 370 g/mol. The highest BCUT2D eigenvalue weighted by Gasteiger charge is 2.22. The van der Waals surface area contributed by atoms with Crippen LogP contribution in [0, 0.1) is 11.3 Å². The number of hydrogen-bond donors (Lipinski definition) is 0. The smallest absolute Gasteiger partial charge is 0.266 e. The number of amides is 1. The van der Waals surface area contributed by atoms with Crippen molar-refractivity contribution < 1.29 is 4.79 Å². The maximum atomic E-state index is 12.2. The molecular formula is C21H14N4OS. The van der Waals surface area contributed by atoms with Gasteiger partial charge in [0.2, 0.25) is 0 Å². The van der Waals surface area contributed by atoms with E-state index in [4.69, 9.17) is 10.4 Å². The topological polar surface area (TPSA) is 71.0 Å². The summed E-state index contributed by atoms with van der Waals surface area (Å²) >= 11 is 1.25. The van der Waals surface area contributed by atoms with Crippen molar-refractivity contribution in [3.8, 4) is 23.0 Å². The largest absolute Gasteiger partial charge is 0.284 e. The van der Waals surface area contributed by atoms with Crippen LogP contribution in [0.2, 0.25) is 0 Å². The van der Waals surface area contributed by atoms with Crippen molar-refractivity contribution in [3.05, 3.63) is 77.3 Å². The molecule has 4 rings (SSSR count). The van der Waals surface area contributed by atoms with Crippen LogP contribution in [-0.2, 0) is 4.79 Å². The zero-order chi connectivity index (χ0) is 18.6. The van der Waals surface area contributed by atoms with Gasteiger partial charge in [-0.1, -0.05) is 60.3 Å². The van der Waals surface area contributed by atoms with Crippen molar-refractivity contribution in [3.63, 3.8) is 0 Å². The average Bonchev–Trinajstić information content (AvgIpc) is 3.27. The molecule has 0 aliphatic carbocycles. The molecule has 0 saturated heterocycles. The summed E-state index contributed by atoms with van der Waals surface area (Å²) in [5.41, 5.74) is 3.52. The van der Waals surface area contributed by atoms with E-state index in [2.05, 4.69) is 4.99 Å². The summed E-state index contributed by atoms with van der Waals surface area (Å²) in [7, 11) is 0. The number of aromatic nitrogens is 2. The Hall–Kier alpha value is -3.43. The van der Waals surface area contributed by atoms with E-state index >= 15 is 0 Å². The molecule has 2 aromatic carbocycles. The number of carbonyl (C=O) groups is 1. The van der Waals surface area contributed by atoms with Gasteiger partial charge in [0.15, 0.2) is 0 Å². The second-order valence-corrected chi connectivity index (χ2v) is 6.95. The van der Waals surface area contributed by atoms with Gasteiger partial charge in [-0.2, -0.15) is 10.4 Å². The van der Waals surface area contributed by atoms with Crippen LogP contribution in [0.3, 0.4) is 0 Å². The minimum atomic E-state index is -0.309. The summed E-state index contributed by atoms with van der Waals surface area (Å²) in [6.45, 7) is 0. The molecule has 0 radical (unpaired) electrons. The fourth-order valence-electron chi connectivity index (χ4n) is 2.76. The molecule has 27 heavy (non-hydrogen) atoms. The van der Waals surface area contributed by atoms with Crippen molar-refractivity contribution in [2.45, 2.75) is 6.42 Å². The van der Waals surface area contributed by atoms with E-state index in [0.717, 1.165) is 22.5 Å². The van der Waals surface area contributed by atoms with E-state index in [9.17, 15) is 4.79 Å². The Morgan fingerprint density at radius 1 is 1.07 bits per heavy atom. The molecule has 0 unspecified atom stereocenters. The number of nitrogens with zero attached hydrogens (tertiary/aromatic N) is 4. The van der Waals surface area contributed by atoms with Gasteiger partial charge in [-0.3, -0.25) is 4.79 Å². The van der Waals surface area contributed by atoms with Crippen LogP contribution >= 0.6 is 11.8 Å². The standard InChI is InChI=1S/C21H14N4OS/c22-12-11-19-23-21(26)18(27-19)13-16-14-25(17-9-5-2-6-10-17)24-20(16)15-7-3-1-4-8-15/h1-10,13-14H,11H2/b18-13+. The molecule has 130 valence electrons. The summed E-state index contributed by atoms with van der Waals surface area (Å²) < 4.78 is 1.80. The zero-order valence-corrected chi connectivity index (χ0v) is 15.1. The first-order chi connectivity index (χ1) is 13.2. The zero-order valence-electron chi connectivity index (χ0n) is 14.2. The molecule has 1 aliphatic rings. The maximum Gasteiger partial charge on any atom is 0.284 e. The third kappa shape index (κ3) is 3.59. The van der Waals surface area contributed by atoms with Crippen LogP contribution in [-0.4, -0.2) is 20.7 Å². The SMILES string of the molecule is N#CCC1=NC(=O)/C(=C\c2cn(-c3ccccc3)nc2-c2ccccc2)S1. The number of nitriles is 1. The van der Waals surface area contributed by atoms with Crippen LogP contribution < -0.4 is 0 Å². The number of rotatable bonds is 4. The molecule has 1 amide bonds. The van der Waals surface area contributed by atoms with Crippen molar-refractivity contribution in [1.82, 2.24) is 9.78 Å². The third-order valence-electron chi connectivity index (χ3n) is 3.99. The Kier molecular flexibility index (Phi) is 4.69. The van der Waals surface area contributed by atoms with Crippen LogP contribution in [0.4, 0.5) is 0 Å². The number of thioether (sulfide) groups is 1. The Labute approximate surface area is 160 Å². The van der Waals surface area contributed by atoms with Gasteiger partial charge in [-0.05, 0) is 18.2 Å². The fourth-order valence-corrected chi connectivity index (χ4v) is 3.60. The highest BCUT2D eigenvalue weighted by Crippen LogP contribution is 2.32. The lowest BCUT2D eigenvalue weighted by Gasteiger charge is -2.00. The lowest BCUT2D eigenvalue weighted by molar-refractivity contribution is -0.113. The molecule has 0 spiro atoms. The van der Waals surface area contributed by atoms with Gasteiger partial charge in [-0.25, -0.2) is 9.67 Å². The Morgan fingerprint density at radius 2 is 1.78 bits per heavy atom. The highest BCUT2D eigenvalue weighted by molar-refractivity contribution is 8.18. The molecule has 0 saturated carbocycles. The first-order valence-electron chi connectivity index (χ1n) is 8.33. The molecule has 0 fully saturated rings. The number of aliphatic imine (C=N–C) groups is 1. The minimum Gasteiger partial charge on any atom is -0.266 e. The van der Waals surface area contributed by atoms with E-state index in [1.165, 1.54) is 11.8 Å². The second-order valence-electron chi connectivity index (χ2n) is 5.84. The molecule has 1 aliphatic heterocycles. The molecule has 0 N–H and O–H groups in total. The maximum absolute atomic E-state index is 12.2. The van der Waals surface area contributed by atoms with Gasteiger partial charge in [-0.15, -0.1) is 0 Å². The lowest BCUT2D eigenvalue weighted by atomic mass is 10.1. The second kappa shape index (κ2) is 7.44. The van der Waals surface area contributed by atoms with E-state index in [1.54, 1.807) is 10.8 Å². The summed E-state index contributed by atoms with van der Waals surface area (Å²) in [5, 5.41) is 14.1. The summed E-state index contributed by atoms with van der Waals surface area (Å²) in [5.74, 6) is -0.309. The van der Waals surface area contributed by atoms with Crippen molar-refractivity contribution in [1.29, 1.82) is 5.26 Å². The number of para-hydroxylation sites is 1. The van der Waals surface area contributed by atoms with Crippen molar-refractivity contribution >= 4 is 28.8 Å². The lowest BCUT2D eigenvalue weighted by Crippen LogP contribution is -1.93. The molecule has 0 bridgehead atoms. The van der Waals surface area contributed by atoms with Gasteiger partial charge >= 0.3 is 0 Å². The predicted octanol–water partition coefficient (Wildman–Crippen LogP) is 4.47. The van der Waals surface area contributed by atoms with Gasteiger partial charge in [0.05, 0.1) is 33.8 Å². The monoisotopic (exact) mass is 370 g/mol. The first kappa shape index (κ1) is 17.0. The van der Waals surface area contributed by atoms with Crippen LogP contribution in [0.1, 0.15) is 12.0 Å². The van der Waals surface area contributed by atoms with Gasteiger partial charge in [0.1, 0.15) is 0 Å². The minimum absolute atomic E-state index is 0.141. The molecule has 1 aromatic heterocycles. The quantitative estimate of drug-likeness (QED) is 0.636. The molecule has 6 heteroatoms. The molecular weight excluding hydrogens is 356 g/mol. The fraction of sp³-hybridized carbons (Fsp3) is 0.0476. The van der Waals surface area contributed by atoms with Crippen LogP contribution in [0.25, 0.3) is 23.0 Å². The summed E-state index contributed by atoms with van der Waals surface area (Å²) in [4.78, 5) is 16.6. The van der Waals surface area contributed by atoms with Crippen LogP contribution in [0.15, 0.2) is 76.8 Å². The Morgan fingerprint density at radius 3 is 2.48 bits per heavy atom. The normalized spacial score (nSPS) is 15.0. The number of hydrogen-bond acceptors (Lipinski definition) is 4. The van der Waals surface area contributed by atoms with Gasteiger partial charge in [0.25, 0.3) is 5.91 Å². The summed E-state index contributed by atoms with van der Waals surface area (Å²) in [6.07, 6.45) is 3.85. The van der Waals surface area contributed by atoms with E-state index in [-0.39, 0.29) is 12.3 Å². The number of benzene rings is 2. The summed E-state index contributed by atoms with van der Waals surface area (Å²) in [6, 6.07) is 21.7. The van der Waals surface area contributed by atoms with Crippen molar-refractivity contribution in [2.24, 2.45) is 4.99 Å². The first-order valence-corrected chi connectivity index (χ1v) is 9.15. The predicted molar refractivity (Wildman–Crippen MR) is 107 cm³/mol. The highest BCUT2D eigenvalue weighted by atomic mass is 32.2. The Balaban J connectivity index is 1.78. The van der Waals surface area contributed by atoms with Gasteiger partial charge in [0, 0.05) is 17.3 Å². The molecule has 5 nitrogen and oxygen atoms in total. The van der Waals surface area contributed by atoms with Crippen molar-refractivity contribution in [2.75, 3.05) is 0 Å². The molecule has 3 aromatic rings. The molecule has 2 heterocycles. The van der Waals surface area contributed by atoms with Crippen LogP contribution in [0.5, 0.6) is 0 Å². The number of carbonyl (C=O) groups excluding carboxylic acids is 1. The molecule has 0 atom stereocenters. The Bertz CT molecular complexity index is 1090. The third-order valence-corrected chi connectivity index (χ3v) is 4.98. The van der Waals surface area contributed by atoms with E-state index < -0.39 is 0 Å². The van der Waals surface area contributed by atoms with E-state index in [1.807, 2.05) is 72.9 Å².